The van der Waals surface area contributed by atoms with Crippen LogP contribution in [0.2, 0.25) is 6.32 Å². The Bertz CT molecular complexity index is 725. The second-order valence-corrected chi connectivity index (χ2v) is 5.96. The van der Waals surface area contributed by atoms with Gasteiger partial charge in [-0.25, -0.2) is 0 Å². The summed E-state index contributed by atoms with van der Waals surface area (Å²) >= 11 is 0. The van der Waals surface area contributed by atoms with Crippen LogP contribution in [0.25, 0.3) is 11.6 Å². The lowest BCUT2D eigenvalue weighted by Gasteiger charge is -2.20. The molecule has 122 valence electrons. The summed E-state index contributed by atoms with van der Waals surface area (Å²) in [4.78, 5) is 0. The van der Waals surface area contributed by atoms with Crippen molar-refractivity contribution < 1.29 is 14.8 Å². The van der Waals surface area contributed by atoms with Crippen LogP contribution in [0.1, 0.15) is 24.0 Å². The Kier molecular flexibility index (Phi) is 5.52. The van der Waals surface area contributed by atoms with E-state index < -0.39 is 7.12 Å². The first kappa shape index (κ1) is 16.6. The molecule has 1 aliphatic rings. The fraction of sp³-hybridized carbons (Fsp3) is 0.200. The van der Waals surface area contributed by atoms with Gasteiger partial charge in [-0.05, 0) is 41.7 Å². The van der Waals surface area contributed by atoms with Gasteiger partial charge in [0.2, 0.25) is 0 Å². The van der Waals surface area contributed by atoms with E-state index in [-0.39, 0.29) is 11.9 Å². The fourth-order valence-electron chi connectivity index (χ4n) is 2.88. The van der Waals surface area contributed by atoms with Crippen LogP contribution in [0, 0.1) is 0 Å². The first-order chi connectivity index (χ1) is 11.7. The highest BCUT2D eigenvalue weighted by Crippen LogP contribution is 2.26. The quantitative estimate of drug-likeness (QED) is 0.494. The normalized spacial score (nSPS) is 18.0. The summed E-state index contributed by atoms with van der Waals surface area (Å²) in [6.45, 7) is 0. The van der Waals surface area contributed by atoms with Crippen LogP contribution >= 0.6 is 0 Å². The second-order valence-electron chi connectivity index (χ2n) is 5.96. The number of hydrogen-bond acceptors (Lipinski definition) is 3. The summed E-state index contributed by atoms with van der Waals surface area (Å²) in [5.74, 6) is 0.262. The molecule has 2 aromatic carbocycles. The molecule has 0 unspecified atom stereocenters. The third-order valence-electron chi connectivity index (χ3n) is 4.07. The van der Waals surface area contributed by atoms with E-state index in [0.717, 1.165) is 24.0 Å². The SMILES string of the molecule is OB1CC=C[C@@H](CC/C(=C/c2cccc(O)c2)c2ccccc2)O1. The number of allylic oxidation sites excluding steroid dienone is 2. The van der Waals surface area contributed by atoms with Crippen molar-refractivity contribution in [2.75, 3.05) is 0 Å². The van der Waals surface area contributed by atoms with Gasteiger partial charge in [-0.1, -0.05) is 60.7 Å². The van der Waals surface area contributed by atoms with Crippen LogP contribution in [-0.4, -0.2) is 23.4 Å². The van der Waals surface area contributed by atoms with E-state index in [2.05, 4.69) is 18.2 Å². The molecule has 24 heavy (non-hydrogen) atoms. The van der Waals surface area contributed by atoms with E-state index in [9.17, 15) is 10.1 Å². The first-order valence-electron chi connectivity index (χ1n) is 8.26. The number of rotatable bonds is 5. The van der Waals surface area contributed by atoms with Crippen LogP contribution in [0.5, 0.6) is 5.75 Å². The zero-order valence-corrected chi connectivity index (χ0v) is 13.5. The average Bonchev–Trinajstić information content (AvgIpc) is 2.59. The van der Waals surface area contributed by atoms with E-state index in [4.69, 9.17) is 4.65 Å². The Labute approximate surface area is 143 Å². The van der Waals surface area contributed by atoms with Gasteiger partial charge >= 0.3 is 7.12 Å². The highest BCUT2D eigenvalue weighted by Gasteiger charge is 2.20. The third kappa shape index (κ3) is 4.60. The summed E-state index contributed by atoms with van der Waals surface area (Å²) in [7, 11) is -0.699. The van der Waals surface area contributed by atoms with Crippen molar-refractivity contribution in [2.45, 2.75) is 25.3 Å². The Morgan fingerprint density at radius 2 is 2.00 bits per heavy atom. The zero-order chi connectivity index (χ0) is 16.8. The molecule has 0 aromatic heterocycles. The van der Waals surface area contributed by atoms with E-state index in [1.54, 1.807) is 12.1 Å². The number of hydrogen-bond donors (Lipinski definition) is 2. The Hall–Kier alpha value is -2.30. The van der Waals surface area contributed by atoms with E-state index in [1.165, 1.54) is 5.57 Å². The predicted molar refractivity (Wildman–Crippen MR) is 98.4 cm³/mol. The number of aromatic hydroxyl groups is 1. The summed E-state index contributed by atoms with van der Waals surface area (Å²) in [5.41, 5.74) is 3.30. The van der Waals surface area contributed by atoms with Gasteiger partial charge in [-0.2, -0.15) is 0 Å². The van der Waals surface area contributed by atoms with Gasteiger partial charge in [0.25, 0.3) is 0 Å². The minimum Gasteiger partial charge on any atom is -0.508 e. The first-order valence-corrected chi connectivity index (χ1v) is 8.26. The smallest absolute Gasteiger partial charge is 0.458 e. The number of phenols is 1. The molecule has 0 amide bonds. The standard InChI is InChI=1S/C20H21BO3/c22-19-9-4-6-16(15-19)14-18(17-7-2-1-3-8-17)11-12-20-10-5-13-21(23)24-20/h1-10,14-15,20,22-23H,11-13H2/b18-14-/t20-/m0/s1. The molecule has 4 heteroatoms. The molecule has 2 N–H and O–H groups in total. The number of phenolic OH excluding ortho intramolecular Hbond substituents is 1. The highest BCUT2D eigenvalue weighted by molar-refractivity contribution is 6.43. The van der Waals surface area contributed by atoms with E-state index >= 15 is 0 Å². The maximum atomic E-state index is 9.67. The molecule has 0 fully saturated rings. The number of benzene rings is 2. The van der Waals surface area contributed by atoms with Crippen molar-refractivity contribution in [3.8, 4) is 5.75 Å². The maximum Gasteiger partial charge on any atom is 0.458 e. The third-order valence-corrected chi connectivity index (χ3v) is 4.07. The van der Waals surface area contributed by atoms with Gasteiger partial charge in [-0.3, -0.25) is 0 Å². The van der Waals surface area contributed by atoms with E-state index in [1.807, 2.05) is 42.5 Å². The average molecular weight is 320 g/mol. The molecule has 3 rings (SSSR count). The van der Waals surface area contributed by atoms with Gasteiger partial charge in [0.1, 0.15) is 5.75 Å². The van der Waals surface area contributed by atoms with Gasteiger partial charge in [0, 0.05) is 6.32 Å². The Morgan fingerprint density at radius 1 is 1.17 bits per heavy atom. The van der Waals surface area contributed by atoms with Crippen LogP contribution < -0.4 is 0 Å². The maximum absolute atomic E-state index is 9.67. The molecular weight excluding hydrogens is 299 g/mol. The van der Waals surface area contributed by atoms with Crippen LogP contribution in [-0.2, 0) is 4.65 Å². The van der Waals surface area contributed by atoms with Crippen LogP contribution in [0.3, 0.4) is 0 Å². The molecule has 0 radical (unpaired) electrons. The minimum atomic E-state index is -0.699. The summed E-state index contributed by atoms with van der Waals surface area (Å²) < 4.78 is 5.54. The molecule has 0 saturated carbocycles. The fourth-order valence-corrected chi connectivity index (χ4v) is 2.88. The van der Waals surface area contributed by atoms with Gasteiger partial charge < -0.3 is 14.8 Å². The molecule has 1 atom stereocenters. The van der Waals surface area contributed by atoms with Crippen molar-refractivity contribution in [2.24, 2.45) is 0 Å². The minimum absolute atomic E-state index is 0.0648. The van der Waals surface area contributed by atoms with Gasteiger partial charge in [-0.15, -0.1) is 0 Å². The van der Waals surface area contributed by atoms with E-state index in [0.29, 0.717) is 6.32 Å². The zero-order valence-electron chi connectivity index (χ0n) is 13.5. The van der Waals surface area contributed by atoms with Crippen molar-refractivity contribution in [3.63, 3.8) is 0 Å². The van der Waals surface area contributed by atoms with Gasteiger partial charge in [0.15, 0.2) is 0 Å². The molecule has 0 saturated heterocycles. The Morgan fingerprint density at radius 3 is 2.75 bits per heavy atom. The lowest BCUT2D eigenvalue weighted by Crippen LogP contribution is -2.27. The lowest BCUT2D eigenvalue weighted by molar-refractivity contribution is 0.193. The summed E-state index contributed by atoms with van der Waals surface area (Å²) in [6, 6.07) is 17.4. The molecule has 2 aromatic rings. The topological polar surface area (TPSA) is 49.7 Å². The van der Waals surface area contributed by atoms with Crippen molar-refractivity contribution in [3.05, 3.63) is 77.9 Å². The highest BCUT2D eigenvalue weighted by atomic mass is 16.5. The molecule has 1 heterocycles. The summed E-state index contributed by atoms with van der Waals surface area (Å²) in [5, 5.41) is 19.3. The summed E-state index contributed by atoms with van der Waals surface area (Å²) in [6.07, 6.45) is 8.20. The second kappa shape index (κ2) is 8.00. The van der Waals surface area contributed by atoms with Crippen molar-refractivity contribution in [1.29, 1.82) is 0 Å². The molecule has 3 nitrogen and oxygen atoms in total. The Balaban J connectivity index is 1.80. The molecule has 0 aliphatic carbocycles. The van der Waals surface area contributed by atoms with Crippen LogP contribution in [0.15, 0.2) is 66.7 Å². The van der Waals surface area contributed by atoms with Gasteiger partial charge in [0.05, 0.1) is 6.10 Å². The largest absolute Gasteiger partial charge is 0.508 e. The molecule has 0 bridgehead atoms. The van der Waals surface area contributed by atoms with Crippen LogP contribution in [0.4, 0.5) is 0 Å². The monoisotopic (exact) mass is 320 g/mol. The molecule has 1 aliphatic heterocycles. The molecular formula is C20H21BO3. The molecule has 0 spiro atoms. The van der Waals surface area contributed by atoms with Crippen molar-refractivity contribution in [1.82, 2.24) is 0 Å². The predicted octanol–water partition coefficient (Wildman–Crippen LogP) is 4.15. The lowest BCUT2D eigenvalue weighted by atomic mass is 9.82. The van der Waals surface area contributed by atoms with Crippen molar-refractivity contribution >= 4 is 18.8 Å².